The standard InChI is InChI=1S/C14H14FN3O4S/c15-11-3-1-2-10(8-11)14(16)9-17-23(21,22)13-6-4-12(5-7-13)18(19)20/h1-8,14,17H,9,16H2/t14-/m1/s1. The number of nitrogens with two attached hydrogens (primary N) is 1. The topological polar surface area (TPSA) is 115 Å². The fraction of sp³-hybridized carbons (Fsp3) is 0.143. The monoisotopic (exact) mass is 339 g/mol. The summed E-state index contributed by atoms with van der Waals surface area (Å²) in [5.74, 6) is -0.462. The van der Waals surface area contributed by atoms with Gasteiger partial charge in [-0.25, -0.2) is 17.5 Å². The van der Waals surface area contributed by atoms with Gasteiger partial charge in [-0.1, -0.05) is 12.1 Å². The van der Waals surface area contributed by atoms with E-state index in [0.29, 0.717) is 5.56 Å². The van der Waals surface area contributed by atoms with Crippen molar-refractivity contribution in [3.8, 4) is 0 Å². The molecule has 0 saturated carbocycles. The van der Waals surface area contributed by atoms with Gasteiger partial charge in [0, 0.05) is 24.7 Å². The zero-order valence-corrected chi connectivity index (χ0v) is 12.7. The van der Waals surface area contributed by atoms with E-state index in [0.717, 1.165) is 24.3 Å². The third-order valence-corrected chi connectivity index (χ3v) is 4.57. The number of sulfonamides is 1. The van der Waals surface area contributed by atoms with Crippen molar-refractivity contribution in [3.63, 3.8) is 0 Å². The van der Waals surface area contributed by atoms with E-state index in [4.69, 9.17) is 5.73 Å². The molecular formula is C14H14FN3O4S. The molecule has 122 valence electrons. The summed E-state index contributed by atoms with van der Waals surface area (Å²) in [5.41, 5.74) is 6.08. The third-order valence-electron chi connectivity index (χ3n) is 3.13. The summed E-state index contributed by atoms with van der Waals surface area (Å²) in [5, 5.41) is 10.6. The van der Waals surface area contributed by atoms with Gasteiger partial charge in [-0.15, -0.1) is 0 Å². The molecule has 0 bridgehead atoms. The number of nitrogens with one attached hydrogen (secondary N) is 1. The van der Waals surface area contributed by atoms with Crippen LogP contribution >= 0.6 is 0 Å². The van der Waals surface area contributed by atoms with Crippen LogP contribution in [-0.4, -0.2) is 19.9 Å². The lowest BCUT2D eigenvalue weighted by atomic mass is 10.1. The Morgan fingerprint density at radius 3 is 2.43 bits per heavy atom. The Labute approximate surface area is 132 Å². The molecule has 0 spiro atoms. The van der Waals surface area contributed by atoms with E-state index >= 15 is 0 Å². The minimum Gasteiger partial charge on any atom is -0.323 e. The minimum absolute atomic E-state index is 0.116. The van der Waals surface area contributed by atoms with Crippen LogP contribution in [0.1, 0.15) is 11.6 Å². The van der Waals surface area contributed by atoms with Crippen LogP contribution in [0.25, 0.3) is 0 Å². The number of hydrogen-bond acceptors (Lipinski definition) is 5. The van der Waals surface area contributed by atoms with E-state index in [1.807, 2.05) is 0 Å². The normalized spacial score (nSPS) is 12.8. The van der Waals surface area contributed by atoms with Crippen molar-refractivity contribution >= 4 is 15.7 Å². The van der Waals surface area contributed by atoms with Gasteiger partial charge >= 0.3 is 0 Å². The maximum Gasteiger partial charge on any atom is 0.269 e. The smallest absolute Gasteiger partial charge is 0.269 e. The second-order valence-electron chi connectivity index (χ2n) is 4.76. The molecule has 2 aromatic carbocycles. The first-order valence-corrected chi connectivity index (χ1v) is 8.03. The van der Waals surface area contributed by atoms with Crippen LogP contribution in [-0.2, 0) is 10.0 Å². The quantitative estimate of drug-likeness (QED) is 0.614. The number of nitro benzene ring substituents is 1. The Kier molecular flexibility index (Phi) is 5.04. The highest BCUT2D eigenvalue weighted by Gasteiger charge is 2.17. The predicted molar refractivity (Wildman–Crippen MR) is 81.6 cm³/mol. The number of benzene rings is 2. The highest BCUT2D eigenvalue weighted by molar-refractivity contribution is 7.89. The van der Waals surface area contributed by atoms with Crippen molar-refractivity contribution < 1.29 is 17.7 Å². The molecule has 2 aromatic rings. The Morgan fingerprint density at radius 1 is 1.22 bits per heavy atom. The fourth-order valence-corrected chi connectivity index (χ4v) is 2.94. The molecule has 0 radical (unpaired) electrons. The second kappa shape index (κ2) is 6.82. The number of rotatable bonds is 6. The van der Waals surface area contributed by atoms with Crippen molar-refractivity contribution in [2.45, 2.75) is 10.9 Å². The molecule has 0 fully saturated rings. The van der Waals surface area contributed by atoms with Gasteiger partial charge in [-0.2, -0.15) is 0 Å². The van der Waals surface area contributed by atoms with E-state index in [2.05, 4.69) is 4.72 Å². The highest BCUT2D eigenvalue weighted by Crippen LogP contribution is 2.16. The van der Waals surface area contributed by atoms with Gasteiger partial charge in [0.05, 0.1) is 9.82 Å². The summed E-state index contributed by atoms with van der Waals surface area (Å²) < 4.78 is 39.6. The van der Waals surface area contributed by atoms with Crippen molar-refractivity contribution in [1.82, 2.24) is 4.72 Å². The molecular weight excluding hydrogens is 325 g/mol. The highest BCUT2D eigenvalue weighted by atomic mass is 32.2. The number of nitrogens with zero attached hydrogens (tertiary/aromatic N) is 1. The van der Waals surface area contributed by atoms with E-state index in [1.54, 1.807) is 6.07 Å². The molecule has 1 atom stereocenters. The second-order valence-corrected chi connectivity index (χ2v) is 6.53. The van der Waals surface area contributed by atoms with Gasteiger partial charge in [0.1, 0.15) is 5.82 Å². The lowest BCUT2D eigenvalue weighted by Crippen LogP contribution is -2.32. The Hall–Kier alpha value is -2.36. The molecule has 0 saturated heterocycles. The predicted octanol–water partition coefficient (Wildman–Crippen LogP) is 1.71. The molecule has 7 nitrogen and oxygen atoms in total. The maximum absolute atomic E-state index is 13.1. The van der Waals surface area contributed by atoms with Crippen molar-refractivity contribution in [3.05, 3.63) is 70.0 Å². The van der Waals surface area contributed by atoms with Crippen LogP contribution in [0, 0.1) is 15.9 Å². The molecule has 0 amide bonds. The van der Waals surface area contributed by atoms with Gasteiger partial charge in [-0.3, -0.25) is 10.1 Å². The van der Waals surface area contributed by atoms with Crippen molar-refractivity contribution in [2.75, 3.05) is 6.54 Å². The van der Waals surface area contributed by atoms with E-state index in [1.165, 1.54) is 18.2 Å². The summed E-state index contributed by atoms with van der Waals surface area (Å²) in [6.45, 7) is -0.136. The third kappa shape index (κ3) is 4.31. The van der Waals surface area contributed by atoms with Crippen LogP contribution in [0.5, 0.6) is 0 Å². The molecule has 0 aliphatic rings. The summed E-state index contributed by atoms with van der Waals surface area (Å²) >= 11 is 0. The first-order valence-electron chi connectivity index (χ1n) is 6.55. The zero-order chi connectivity index (χ0) is 17.0. The molecule has 3 N–H and O–H groups in total. The zero-order valence-electron chi connectivity index (χ0n) is 11.8. The summed E-state index contributed by atoms with van der Waals surface area (Å²) in [7, 11) is -3.86. The SMILES string of the molecule is N[C@H](CNS(=O)(=O)c1ccc([N+](=O)[O-])cc1)c1cccc(F)c1. The summed E-state index contributed by atoms with van der Waals surface area (Å²) in [6.07, 6.45) is 0. The fourth-order valence-electron chi connectivity index (χ4n) is 1.88. The number of non-ortho nitro benzene ring substituents is 1. The van der Waals surface area contributed by atoms with Crippen LogP contribution in [0.3, 0.4) is 0 Å². The summed E-state index contributed by atoms with van der Waals surface area (Å²) in [4.78, 5) is 9.82. The Balaban J connectivity index is 2.07. The number of nitro groups is 1. The Morgan fingerprint density at radius 2 is 1.87 bits per heavy atom. The molecule has 0 aromatic heterocycles. The average molecular weight is 339 g/mol. The largest absolute Gasteiger partial charge is 0.323 e. The number of halogens is 1. The first kappa shape index (κ1) is 17.0. The molecule has 0 aliphatic carbocycles. The van der Waals surface area contributed by atoms with Crippen LogP contribution in [0.2, 0.25) is 0 Å². The van der Waals surface area contributed by atoms with Crippen LogP contribution < -0.4 is 10.5 Å². The Bertz CT molecular complexity index is 809. The van der Waals surface area contributed by atoms with Crippen molar-refractivity contribution in [2.24, 2.45) is 5.73 Å². The lowest BCUT2D eigenvalue weighted by molar-refractivity contribution is -0.384. The molecule has 0 unspecified atom stereocenters. The summed E-state index contributed by atoms with van der Waals surface area (Å²) in [6, 6.07) is 9.30. The molecule has 9 heteroatoms. The first-order chi connectivity index (χ1) is 10.8. The van der Waals surface area contributed by atoms with E-state index in [-0.39, 0.29) is 17.1 Å². The molecule has 23 heavy (non-hydrogen) atoms. The van der Waals surface area contributed by atoms with Gasteiger partial charge in [0.25, 0.3) is 5.69 Å². The van der Waals surface area contributed by atoms with Gasteiger partial charge in [-0.05, 0) is 29.8 Å². The van der Waals surface area contributed by atoms with Gasteiger partial charge in [0.2, 0.25) is 10.0 Å². The van der Waals surface area contributed by atoms with Gasteiger partial charge in [0.15, 0.2) is 0 Å². The number of hydrogen-bond donors (Lipinski definition) is 2. The van der Waals surface area contributed by atoms with Crippen molar-refractivity contribution in [1.29, 1.82) is 0 Å². The van der Waals surface area contributed by atoms with Crippen LogP contribution in [0.4, 0.5) is 10.1 Å². The van der Waals surface area contributed by atoms with Gasteiger partial charge < -0.3 is 5.73 Å². The minimum atomic E-state index is -3.86. The van der Waals surface area contributed by atoms with Crippen LogP contribution in [0.15, 0.2) is 53.4 Å². The molecule has 0 heterocycles. The van der Waals surface area contributed by atoms with E-state index in [9.17, 15) is 22.9 Å². The molecule has 0 aliphatic heterocycles. The maximum atomic E-state index is 13.1. The lowest BCUT2D eigenvalue weighted by Gasteiger charge is -2.13. The molecule has 2 rings (SSSR count). The average Bonchev–Trinajstić information content (AvgIpc) is 2.52. The van der Waals surface area contributed by atoms with E-state index < -0.39 is 26.8 Å².